The number of aryl methyl sites for hydroxylation is 1. The van der Waals surface area contributed by atoms with Crippen molar-refractivity contribution in [2.24, 2.45) is 0 Å². The lowest BCUT2D eigenvalue weighted by Gasteiger charge is -2.01. The summed E-state index contributed by atoms with van der Waals surface area (Å²) in [5, 5.41) is 8.78. The lowest BCUT2D eigenvalue weighted by Crippen LogP contribution is -1.86. The van der Waals surface area contributed by atoms with Gasteiger partial charge in [0.2, 0.25) is 0 Å². The first-order valence-electron chi connectivity index (χ1n) is 8.43. The van der Waals surface area contributed by atoms with Crippen molar-refractivity contribution in [2.45, 2.75) is 45.4 Å². The second-order valence-electron chi connectivity index (χ2n) is 5.80. The largest absolute Gasteiger partial charge is 0.192 e. The minimum atomic E-state index is 0.666. The van der Waals surface area contributed by atoms with Crippen molar-refractivity contribution in [3.63, 3.8) is 0 Å². The van der Waals surface area contributed by atoms with Gasteiger partial charge in [-0.1, -0.05) is 56.6 Å². The van der Waals surface area contributed by atoms with E-state index in [1.165, 1.54) is 37.7 Å². The summed E-state index contributed by atoms with van der Waals surface area (Å²) in [6, 6.07) is 18.0. The first-order chi connectivity index (χ1) is 11.3. The zero-order chi connectivity index (χ0) is 16.3. The smallest absolute Gasteiger partial charge is 0.0991 e. The molecule has 0 aliphatic carbocycles. The SMILES string of the molecule is CCCCCCCc1ccc(C#Cc2ccc(C#N)cc2)cc1. The van der Waals surface area contributed by atoms with Crippen LogP contribution < -0.4 is 0 Å². The van der Waals surface area contributed by atoms with Crippen LogP contribution in [-0.2, 0) is 6.42 Å². The molecule has 0 heterocycles. The summed E-state index contributed by atoms with van der Waals surface area (Å²) in [5.74, 6) is 6.32. The van der Waals surface area contributed by atoms with Crippen LogP contribution >= 0.6 is 0 Å². The third-order valence-corrected chi connectivity index (χ3v) is 3.89. The van der Waals surface area contributed by atoms with Crippen LogP contribution in [-0.4, -0.2) is 0 Å². The van der Waals surface area contributed by atoms with Gasteiger partial charge >= 0.3 is 0 Å². The van der Waals surface area contributed by atoms with E-state index < -0.39 is 0 Å². The molecule has 1 nitrogen and oxygen atoms in total. The maximum atomic E-state index is 8.78. The second-order valence-corrected chi connectivity index (χ2v) is 5.80. The molecule has 116 valence electrons. The summed E-state index contributed by atoms with van der Waals surface area (Å²) in [6.45, 7) is 2.25. The van der Waals surface area contributed by atoms with Crippen LogP contribution in [0.3, 0.4) is 0 Å². The average molecular weight is 301 g/mol. The monoisotopic (exact) mass is 301 g/mol. The Bertz CT molecular complexity index is 691. The predicted molar refractivity (Wildman–Crippen MR) is 96.0 cm³/mol. The maximum absolute atomic E-state index is 8.78. The summed E-state index contributed by atoms with van der Waals surface area (Å²) in [5.41, 5.74) is 4.03. The van der Waals surface area contributed by atoms with Gasteiger partial charge in [-0.2, -0.15) is 5.26 Å². The molecule has 0 aromatic heterocycles. The lowest BCUT2D eigenvalue weighted by molar-refractivity contribution is 0.632. The molecule has 0 fully saturated rings. The normalized spacial score (nSPS) is 9.74. The van der Waals surface area contributed by atoms with Crippen LogP contribution in [0, 0.1) is 23.2 Å². The molecule has 0 bridgehead atoms. The molecule has 0 atom stereocenters. The Morgan fingerprint density at radius 1 is 0.696 bits per heavy atom. The molecule has 0 spiro atoms. The highest BCUT2D eigenvalue weighted by Crippen LogP contribution is 2.10. The van der Waals surface area contributed by atoms with Crippen molar-refractivity contribution in [3.8, 4) is 17.9 Å². The molecule has 0 saturated carbocycles. The molecule has 0 amide bonds. The number of hydrogen-bond acceptors (Lipinski definition) is 1. The molecule has 23 heavy (non-hydrogen) atoms. The zero-order valence-corrected chi connectivity index (χ0v) is 13.8. The van der Waals surface area contributed by atoms with E-state index in [9.17, 15) is 0 Å². The van der Waals surface area contributed by atoms with Crippen LogP contribution in [0.5, 0.6) is 0 Å². The lowest BCUT2D eigenvalue weighted by atomic mass is 10.0. The molecule has 2 aromatic rings. The fourth-order valence-electron chi connectivity index (χ4n) is 2.46. The van der Waals surface area contributed by atoms with Gasteiger partial charge in [0, 0.05) is 11.1 Å². The summed E-state index contributed by atoms with van der Waals surface area (Å²) in [4.78, 5) is 0. The van der Waals surface area contributed by atoms with Gasteiger partial charge in [-0.3, -0.25) is 0 Å². The van der Waals surface area contributed by atoms with Crippen molar-refractivity contribution >= 4 is 0 Å². The van der Waals surface area contributed by atoms with Gasteiger partial charge in [0.1, 0.15) is 0 Å². The van der Waals surface area contributed by atoms with Gasteiger partial charge in [-0.15, -0.1) is 0 Å². The van der Waals surface area contributed by atoms with Gasteiger partial charge in [-0.05, 0) is 54.8 Å². The molecule has 0 aliphatic rings. The van der Waals surface area contributed by atoms with Crippen LogP contribution in [0.2, 0.25) is 0 Å². The molecule has 0 N–H and O–H groups in total. The standard InChI is InChI=1S/C22H23N/c1-2-3-4-5-6-7-19-8-10-20(11-9-19)12-13-21-14-16-22(18-23)17-15-21/h8-11,14-17H,2-7H2,1H3. The number of rotatable bonds is 6. The fourth-order valence-corrected chi connectivity index (χ4v) is 2.46. The number of nitrogens with zero attached hydrogens (tertiary/aromatic N) is 1. The van der Waals surface area contributed by atoms with Gasteiger partial charge in [0.05, 0.1) is 11.6 Å². The van der Waals surface area contributed by atoms with Gasteiger partial charge in [0.25, 0.3) is 0 Å². The topological polar surface area (TPSA) is 23.8 Å². The van der Waals surface area contributed by atoms with Crippen molar-refractivity contribution in [1.82, 2.24) is 0 Å². The van der Waals surface area contributed by atoms with Crippen LogP contribution in [0.15, 0.2) is 48.5 Å². The Kier molecular flexibility index (Phi) is 6.96. The Morgan fingerprint density at radius 3 is 1.78 bits per heavy atom. The average Bonchev–Trinajstić information content (AvgIpc) is 2.61. The van der Waals surface area contributed by atoms with Crippen molar-refractivity contribution < 1.29 is 0 Å². The summed E-state index contributed by atoms with van der Waals surface area (Å²) < 4.78 is 0. The van der Waals surface area contributed by atoms with E-state index in [-0.39, 0.29) is 0 Å². The Balaban J connectivity index is 1.87. The van der Waals surface area contributed by atoms with E-state index in [4.69, 9.17) is 5.26 Å². The van der Waals surface area contributed by atoms with Crippen LogP contribution in [0.4, 0.5) is 0 Å². The number of hydrogen-bond donors (Lipinski definition) is 0. The first-order valence-corrected chi connectivity index (χ1v) is 8.43. The van der Waals surface area contributed by atoms with E-state index in [0.29, 0.717) is 5.56 Å². The van der Waals surface area contributed by atoms with Gasteiger partial charge < -0.3 is 0 Å². The molecule has 0 radical (unpaired) electrons. The Morgan fingerprint density at radius 2 is 1.22 bits per heavy atom. The Hall–Kier alpha value is -2.51. The van der Waals surface area contributed by atoms with E-state index in [2.05, 4.69) is 49.1 Å². The van der Waals surface area contributed by atoms with Gasteiger partial charge in [-0.25, -0.2) is 0 Å². The van der Waals surface area contributed by atoms with E-state index in [1.54, 1.807) is 12.1 Å². The van der Waals surface area contributed by atoms with E-state index in [1.807, 2.05) is 12.1 Å². The number of benzene rings is 2. The van der Waals surface area contributed by atoms with Crippen LogP contribution in [0.1, 0.15) is 61.3 Å². The molecular formula is C22H23N. The van der Waals surface area contributed by atoms with Crippen molar-refractivity contribution in [3.05, 3.63) is 70.8 Å². The summed E-state index contributed by atoms with van der Waals surface area (Å²) >= 11 is 0. The maximum Gasteiger partial charge on any atom is 0.0991 e. The molecule has 1 heteroatoms. The highest BCUT2D eigenvalue weighted by molar-refractivity contribution is 5.45. The second kappa shape index (κ2) is 9.50. The first kappa shape index (κ1) is 16.9. The highest BCUT2D eigenvalue weighted by Gasteiger charge is 1.95. The third kappa shape index (κ3) is 6.01. The highest BCUT2D eigenvalue weighted by atomic mass is 14.2. The molecule has 0 aliphatic heterocycles. The number of nitriles is 1. The molecule has 2 rings (SSSR count). The summed E-state index contributed by atoms with van der Waals surface area (Å²) in [7, 11) is 0. The zero-order valence-electron chi connectivity index (χ0n) is 13.8. The predicted octanol–water partition coefficient (Wildman–Crippen LogP) is 5.47. The van der Waals surface area contributed by atoms with Gasteiger partial charge in [0.15, 0.2) is 0 Å². The minimum Gasteiger partial charge on any atom is -0.192 e. The third-order valence-electron chi connectivity index (χ3n) is 3.89. The van der Waals surface area contributed by atoms with Crippen LogP contribution in [0.25, 0.3) is 0 Å². The quantitative estimate of drug-likeness (QED) is 0.512. The minimum absolute atomic E-state index is 0.666. The van der Waals surface area contributed by atoms with E-state index >= 15 is 0 Å². The Labute approximate surface area is 140 Å². The molecule has 0 unspecified atom stereocenters. The fraction of sp³-hybridized carbons (Fsp3) is 0.318. The summed E-state index contributed by atoms with van der Waals surface area (Å²) in [6.07, 6.45) is 7.76. The molecule has 2 aromatic carbocycles. The van der Waals surface area contributed by atoms with Crippen molar-refractivity contribution in [1.29, 1.82) is 5.26 Å². The van der Waals surface area contributed by atoms with E-state index in [0.717, 1.165) is 17.5 Å². The van der Waals surface area contributed by atoms with Crippen molar-refractivity contribution in [2.75, 3.05) is 0 Å². The number of unbranched alkanes of at least 4 members (excludes halogenated alkanes) is 4. The molecule has 0 saturated heterocycles. The molecular weight excluding hydrogens is 278 g/mol.